The number of aromatic hydroxyl groups is 1. The molecule has 0 aliphatic rings. The summed E-state index contributed by atoms with van der Waals surface area (Å²) in [4.78, 5) is 10.7. The summed E-state index contributed by atoms with van der Waals surface area (Å²) >= 11 is 0. The van der Waals surface area contributed by atoms with Gasteiger partial charge in [0.05, 0.1) is 28.0 Å². The smallest absolute Gasteiger partial charge is 0.149 e. The lowest BCUT2D eigenvalue weighted by Crippen LogP contribution is -2.17. The number of pyridine rings is 1. The lowest BCUT2D eigenvalue weighted by atomic mass is 9.78. The van der Waals surface area contributed by atoms with Gasteiger partial charge in [0.25, 0.3) is 0 Å². The van der Waals surface area contributed by atoms with Crippen LogP contribution in [0.2, 0.25) is 0 Å². The highest BCUT2D eigenvalue weighted by Crippen LogP contribution is 2.48. The van der Waals surface area contributed by atoms with Crippen molar-refractivity contribution in [2.24, 2.45) is 0 Å². The van der Waals surface area contributed by atoms with Crippen LogP contribution in [0.1, 0.15) is 115 Å². The average Bonchev–Trinajstić information content (AvgIpc) is 3.72. The van der Waals surface area contributed by atoms with E-state index in [-0.39, 0.29) is 27.4 Å². The molecule has 9 rings (SSSR count). The van der Waals surface area contributed by atoms with Crippen LogP contribution in [-0.4, -0.2) is 19.6 Å². The molecule has 0 aliphatic heterocycles. The van der Waals surface area contributed by atoms with Crippen molar-refractivity contribution in [3.8, 4) is 78.6 Å². The Kier molecular flexibility index (Phi) is 11.0. The number of aromatic nitrogens is 3. The SMILES string of the molecule is [2H]C([2H])([2H])c1ccc(-c2ccnc(-c3cc(-c4cccc5c4nc(-c4cc(C(C)(C)C)cc(C(C)(C)C)c4O)n5-c4cc(-c5ccccc5)c(C(C)(C)C)cc4-c4ccccc4)cc(C(C)(C)C)c3)c2)cc1. The zero-order chi connectivity index (χ0) is 51.7. The minimum absolute atomic E-state index is 0.199. The number of hydrogen-bond acceptors (Lipinski definition) is 3. The monoisotopic (exact) mass is 909 g/mol. The van der Waals surface area contributed by atoms with E-state index >= 15 is 0 Å². The number of hydrogen-bond donors (Lipinski definition) is 1. The molecule has 7 aromatic carbocycles. The van der Waals surface area contributed by atoms with Crippen LogP contribution in [0.25, 0.3) is 83.9 Å². The number of imidazole rings is 1. The van der Waals surface area contributed by atoms with Crippen LogP contribution in [0, 0.1) is 6.85 Å². The first kappa shape index (κ1) is 43.3. The standard InChI is InChI=1S/C65H67N3O/c1-41-27-29-42(30-28-41)45-31-32-66-56(36-45)47-33-46(34-48(35-47)62(2,3)4)50-25-20-26-57-59(50)67-61(53-37-49(63(5,6)7)38-55(60(53)69)65(11,12)13)68(57)58-40-51(43-21-16-14-17-22-43)54(64(8,9)10)39-52(58)44-23-18-15-19-24-44/h14-40,69H,1-13H3/i1D3. The van der Waals surface area contributed by atoms with Crippen molar-refractivity contribution in [2.45, 2.75) is 112 Å². The third kappa shape index (κ3) is 9.30. The fourth-order valence-corrected chi connectivity index (χ4v) is 9.46. The molecule has 0 aliphatic carbocycles. The average molecular weight is 909 g/mol. The van der Waals surface area contributed by atoms with Crippen LogP contribution in [0.15, 0.2) is 164 Å². The van der Waals surface area contributed by atoms with Gasteiger partial charge in [-0.1, -0.05) is 198 Å². The summed E-state index contributed by atoms with van der Waals surface area (Å²) in [6.07, 6.45) is 1.82. The Hall–Kier alpha value is -7.04. The maximum atomic E-state index is 12.8. The molecule has 4 nitrogen and oxygen atoms in total. The van der Waals surface area contributed by atoms with Gasteiger partial charge in [0, 0.05) is 32.6 Å². The zero-order valence-corrected chi connectivity index (χ0v) is 42.4. The Bertz CT molecular complexity index is 3470. The molecule has 2 aromatic heterocycles. The van der Waals surface area contributed by atoms with Crippen molar-refractivity contribution in [3.63, 3.8) is 0 Å². The molecule has 0 amide bonds. The highest BCUT2D eigenvalue weighted by atomic mass is 16.3. The molecule has 0 saturated heterocycles. The molecule has 9 aromatic rings. The molecular formula is C65H67N3O. The minimum atomic E-state index is -2.18. The topological polar surface area (TPSA) is 50.9 Å². The molecule has 1 N–H and O–H groups in total. The van der Waals surface area contributed by atoms with E-state index in [0.29, 0.717) is 17.0 Å². The number of benzene rings is 7. The van der Waals surface area contributed by atoms with Crippen molar-refractivity contribution < 1.29 is 9.22 Å². The van der Waals surface area contributed by atoms with Gasteiger partial charge in [0.15, 0.2) is 0 Å². The van der Waals surface area contributed by atoms with Crippen molar-refractivity contribution in [1.29, 1.82) is 0 Å². The van der Waals surface area contributed by atoms with Gasteiger partial charge in [0.1, 0.15) is 11.6 Å². The second-order valence-electron chi connectivity index (χ2n) is 22.8. The lowest BCUT2D eigenvalue weighted by Gasteiger charge is -2.28. The molecule has 0 radical (unpaired) electrons. The third-order valence-corrected chi connectivity index (χ3v) is 13.4. The normalized spacial score (nSPS) is 13.3. The maximum Gasteiger partial charge on any atom is 0.149 e. The number of aryl methyl sites for hydroxylation is 1. The summed E-state index contributed by atoms with van der Waals surface area (Å²) in [6, 6.07) is 54.6. The van der Waals surface area contributed by atoms with Crippen molar-refractivity contribution in [3.05, 3.63) is 192 Å². The van der Waals surface area contributed by atoms with Gasteiger partial charge in [-0.3, -0.25) is 9.55 Å². The van der Waals surface area contributed by atoms with Gasteiger partial charge in [-0.05, 0) is 127 Å². The number of para-hydroxylation sites is 1. The van der Waals surface area contributed by atoms with Crippen LogP contribution in [0.4, 0.5) is 0 Å². The molecule has 69 heavy (non-hydrogen) atoms. The summed E-state index contributed by atoms with van der Waals surface area (Å²) in [5.41, 5.74) is 16.9. The maximum absolute atomic E-state index is 12.8. The highest BCUT2D eigenvalue weighted by Gasteiger charge is 2.31. The van der Waals surface area contributed by atoms with Gasteiger partial charge >= 0.3 is 0 Å². The van der Waals surface area contributed by atoms with E-state index in [4.69, 9.17) is 14.1 Å². The van der Waals surface area contributed by atoms with Crippen LogP contribution in [0.5, 0.6) is 5.75 Å². The van der Waals surface area contributed by atoms with Crippen molar-refractivity contribution >= 4 is 11.0 Å². The summed E-state index contributed by atoms with van der Waals surface area (Å²) in [7, 11) is 0. The fourth-order valence-electron chi connectivity index (χ4n) is 9.46. The Morgan fingerprint density at radius 3 is 1.67 bits per heavy atom. The summed E-state index contributed by atoms with van der Waals surface area (Å²) in [5.74, 6) is 0.873. The predicted octanol–water partition coefficient (Wildman–Crippen LogP) is 17.6. The van der Waals surface area contributed by atoms with Gasteiger partial charge in [-0.2, -0.15) is 0 Å². The van der Waals surface area contributed by atoms with Crippen LogP contribution >= 0.6 is 0 Å². The number of phenolic OH excluding ortho intramolecular Hbond substituents is 1. The second-order valence-corrected chi connectivity index (χ2v) is 22.8. The third-order valence-electron chi connectivity index (χ3n) is 13.4. The number of fused-ring (bicyclic) bond motifs is 1. The zero-order valence-electron chi connectivity index (χ0n) is 45.4. The Labute approximate surface area is 415 Å². The molecule has 2 heterocycles. The van der Waals surface area contributed by atoms with E-state index in [1.807, 2.05) is 24.4 Å². The van der Waals surface area contributed by atoms with Crippen LogP contribution < -0.4 is 0 Å². The molecule has 0 atom stereocenters. The summed E-state index contributed by atoms with van der Waals surface area (Å²) in [5, 5.41) is 12.8. The molecule has 0 unspecified atom stereocenters. The van der Waals surface area contributed by atoms with Crippen molar-refractivity contribution in [2.75, 3.05) is 0 Å². The highest BCUT2D eigenvalue weighted by molar-refractivity contribution is 5.98. The quantitative estimate of drug-likeness (QED) is 0.173. The molecule has 0 saturated carbocycles. The molecule has 0 fully saturated rings. The Balaban J connectivity index is 1.38. The second kappa shape index (κ2) is 17.5. The molecule has 4 heteroatoms. The van der Waals surface area contributed by atoms with E-state index in [2.05, 4.69) is 215 Å². The number of phenols is 1. The first-order valence-electron chi connectivity index (χ1n) is 25.7. The predicted molar refractivity (Wildman–Crippen MR) is 293 cm³/mol. The van der Waals surface area contributed by atoms with Crippen molar-refractivity contribution in [1.82, 2.24) is 14.5 Å². The molecule has 0 spiro atoms. The molecule has 0 bridgehead atoms. The molecule has 348 valence electrons. The van der Waals surface area contributed by atoms with Crippen LogP contribution in [-0.2, 0) is 21.7 Å². The fraction of sp³-hybridized carbons (Fsp3) is 0.262. The lowest BCUT2D eigenvalue weighted by molar-refractivity contribution is 0.446. The first-order chi connectivity index (χ1) is 33.8. The Morgan fingerprint density at radius 2 is 1.06 bits per heavy atom. The molecular weight excluding hydrogens is 839 g/mol. The minimum Gasteiger partial charge on any atom is -0.507 e. The number of nitrogens with zero attached hydrogens (tertiary/aromatic N) is 3. The summed E-state index contributed by atoms with van der Waals surface area (Å²) in [6.45, 7) is 24.5. The Morgan fingerprint density at radius 1 is 0.449 bits per heavy atom. The van der Waals surface area contributed by atoms with E-state index < -0.39 is 6.85 Å². The first-order valence-corrected chi connectivity index (χ1v) is 24.2. The largest absolute Gasteiger partial charge is 0.507 e. The summed E-state index contributed by atoms with van der Waals surface area (Å²) < 4.78 is 26.0. The van der Waals surface area contributed by atoms with E-state index in [9.17, 15) is 5.11 Å². The number of rotatable bonds is 7. The van der Waals surface area contributed by atoms with Gasteiger partial charge in [-0.25, -0.2) is 4.98 Å². The van der Waals surface area contributed by atoms with E-state index in [0.717, 1.165) is 89.2 Å². The van der Waals surface area contributed by atoms with E-state index in [1.165, 1.54) is 5.56 Å². The van der Waals surface area contributed by atoms with Gasteiger partial charge in [0.2, 0.25) is 0 Å². The van der Waals surface area contributed by atoms with Gasteiger partial charge < -0.3 is 5.11 Å². The van der Waals surface area contributed by atoms with Crippen LogP contribution in [0.3, 0.4) is 0 Å². The van der Waals surface area contributed by atoms with E-state index in [1.54, 1.807) is 12.1 Å². The van der Waals surface area contributed by atoms with Gasteiger partial charge in [-0.15, -0.1) is 0 Å².